The zero-order chi connectivity index (χ0) is 33.6. The quantitative estimate of drug-likeness (QED) is 0.121. The Morgan fingerprint density at radius 3 is 2.17 bits per heavy atom. The van der Waals surface area contributed by atoms with E-state index in [1.807, 2.05) is 0 Å². The molecule has 0 spiro atoms. The average Bonchev–Trinajstić information content (AvgIpc) is 3.49. The van der Waals surface area contributed by atoms with Crippen LogP contribution in [0, 0.1) is 0 Å². The maximum Gasteiger partial charge on any atom is 0.337 e. The molecule has 0 bridgehead atoms. The van der Waals surface area contributed by atoms with Crippen LogP contribution in [0.2, 0.25) is 5.02 Å². The van der Waals surface area contributed by atoms with Gasteiger partial charge in [-0.1, -0.05) is 76.3 Å². The van der Waals surface area contributed by atoms with Gasteiger partial charge in [0.1, 0.15) is 11.4 Å². The van der Waals surface area contributed by atoms with Crippen LogP contribution in [-0.2, 0) is 29.1 Å². The van der Waals surface area contributed by atoms with Crippen LogP contribution in [-0.4, -0.2) is 57.9 Å². The molecule has 0 aliphatic carbocycles. The zero-order valence-electron chi connectivity index (χ0n) is 27.1. The number of imide groups is 1. The van der Waals surface area contributed by atoms with Gasteiger partial charge in [0.2, 0.25) is 10.0 Å². The largest absolute Gasteiger partial charge is 0.484 e. The summed E-state index contributed by atoms with van der Waals surface area (Å²) in [5.74, 6) is -1.63. The van der Waals surface area contributed by atoms with Gasteiger partial charge in [-0.3, -0.25) is 14.3 Å². The van der Waals surface area contributed by atoms with Crippen LogP contribution in [0.5, 0.6) is 5.75 Å². The van der Waals surface area contributed by atoms with Gasteiger partial charge in [0.25, 0.3) is 11.8 Å². The average molecular weight is 679 g/mol. The van der Waals surface area contributed by atoms with Gasteiger partial charge >= 0.3 is 5.97 Å². The number of carbonyl (C=O) groups excluding carboxylic acids is 3. The third-order valence-corrected chi connectivity index (χ3v) is 9.68. The fourth-order valence-electron chi connectivity index (χ4n) is 5.31. The number of rotatable bonds is 19. The van der Waals surface area contributed by atoms with Crippen molar-refractivity contribution in [1.82, 2.24) is 0 Å². The number of carbonyl (C=O) groups is 3. The SMILES string of the molecule is CCCCCCCCCCCCS(=O)(=O)Nc1ccc(Cl)c(N(C(=O)COc2ccc(C(=O)OC)cc2)C(=O)C2(C)CCCO2)c1. The van der Waals surface area contributed by atoms with Crippen LogP contribution in [0.4, 0.5) is 11.4 Å². The molecule has 1 unspecified atom stereocenters. The van der Waals surface area contributed by atoms with Crippen molar-refractivity contribution in [1.29, 1.82) is 0 Å². The van der Waals surface area contributed by atoms with Crippen LogP contribution < -0.4 is 14.4 Å². The fourth-order valence-corrected chi connectivity index (χ4v) is 6.69. The third kappa shape index (κ3) is 11.3. The Balaban J connectivity index is 1.68. The Morgan fingerprint density at radius 1 is 0.957 bits per heavy atom. The lowest BCUT2D eigenvalue weighted by Crippen LogP contribution is -2.51. The Morgan fingerprint density at radius 2 is 1.59 bits per heavy atom. The maximum atomic E-state index is 13.8. The third-order valence-electron chi connectivity index (χ3n) is 7.99. The van der Waals surface area contributed by atoms with Gasteiger partial charge in [-0.2, -0.15) is 0 Å². The van der Waals surface area contributed by atoms with Crippen molar-refractivity contribution in [3.05, 3.63) is 53.1 Å². The highest BCUT2D eigenvalue weighted by atomic mass is 35.5. The topological polar surface area (TPSA) is 128 Å². The van der Waals surface area contributed by atoms with Crippen LogP contribution in [0.15, 0.2) is 42.5 Å². The Labute approximate surface area is 278 Å². The number of amides is 2. The summed E-state index contributed by atoms with van der Waals surface area (Å²) in [6, 6.07) is 10.3. The minimum absolute atomic E-state index is 0.0113. The molecule has 0 radical (unpaired) electrons. The van der Waals surface area contributed by atoms with Gasteiger partial charge in [-0.25, -0.2) is 18.1 Å². The van der Waals surface area contributed by atoms with Crippen LogP contribution in [0.3, 0.4) is 0 Å². The number of hydrogen-bond donors (Lipinski definition) is 1. The number of benzene rings is 2. The van der Waals surface area contributed by atoms with Crippen molar-refractivity contribution < 1.29 is 37.0 Å². The van der Waals surface area contributed by atoms with Gasteiger partial charge in [0.15, 0.2) is 6.61 Å². The second-order valence-electron chi connectivity index (χ2n) is 11.8. The molecule has 1 aliphatic heterocycles. The monoisotopic (exact) mass is 678 g/mol. The van der Waals surface area contributed by atoms with Gasteiger partial charge in [-0.05, 0) is 68.7 Å². The molecule has 2 aromatic rings. The number of methoxy groups -OCH3 is 1. The molecule has 1 saturated heterocycles. The Bertz CT molecular complexity index is 1410. The number of halogens is 1. The van der Waals surface area contributed by atoms with E-state index in [9.17, 15) is 22.8 Å². The second-order valence-corrected chi connectivity index (χ2v) is 14.0. The summed E-state index contributed by atoms with van der Waals surface area (Å²) in [5.41, 5.74) is -0.777. The summed E-state index contributed by atoms with van der Waals surface area (Å²) in [5, 5.41) is 0.0726. The first-order valence-corrected chi connectivity index (χ1v) is 18.2. The van der Waals surface area contributed by atoms with Crippen molar-refractivity contribution >= 4 is 50.8 Å². The molecule has 1 aliphatic rings. The number of anilines is 2. The molecule has 254 valence electrons. The van der Waals surface area contributed by atoms with E-state index in [0.717, 1.165) is 24.2 Å². The molecule has 0 aromatic heterocycles. The van der Waals surface area contributed by atoms with Crippen LogP contribution in [0.1, 0.15) is 101 Å². The van der Waals surface area contributed by atoms with Gasteiger partial charge in [0, 0.05) is 6.61 Å². The minimum Gasteiger partial charge on any atom is -0.484 e. The minimum atomic E-state index is -3.69. The van der Waals surface area contributed by atoms with Crippen molar-refractivity contribution in [3.63, 3.8) is 0 Å². The van der Waals surface area contributed by atoms with E-state index < -0.39 is 40.0 Å². The lowest BCUT2D eigenvalue weighted by molar-refractivity contribution is -0.140. The highest BCUT2D eigenvalue weighted by molar-refractivity contribution is 7.92. The number of hydrogen-bond acceptors (Lipinski definition) is 8. The highest BCUT2D eigenvalue weighted by Crippen LogP contribution is 2.35. The van der Waals surface area contributed by atoms with Gasteiger partial charge in [-0.15, -0.1) is 0 Å². The number of nitrogens with one attached hydrogen (secondary N) is 1. The van der Waals surface area contributed by atoms with Crippen molar-refractivity contribution in [2.75, 3.05) is 35.7 Å². The molecule has 46 heavy (non-hydrogen) atoms. The first-order chi connectivity index (χ1) is 22.0. The van der Waals surface area contributed by atoms with E-state index in [0.29, 0.717) is 31.4 Å². The molecule has 1 atom stereocenters. The normalized spacial score (nSPS) is 16.2. The standard InChI is InChI=1S/C34H47ClN2O8S/c1-4-5-6-7-8-9-10-11-12-13-23-46(41,42)36-27-17-20-29(35)30(24-27)37(33(40)34(2)21-14-22-45-34)31(38)25-44-28-18-15-26(16-19-28)32(39)43-3/h15-20,24,36H,4-14,21-23,25H2,1-3H3. The number of nitrogens with zero attached hydrogens (tertiary/aromatic N) is 1. The molecular weight excluding hydrogens is 632 g/mol. The highest BCUT2D eigenvalue weighted by Gasteiger charge is 2.44. The number of ether oxygens (including phenoxy) is 3. The predicted octanol–water partition coefficient (Wildman–Crippen LogP) is 7.30. The van der Waals surface area contributed by atoms with E-state index in [-0.39, 0.29) is 27.9 Å². The number of esters is 1. The second kappa shape index (κ2) is 18.3. The van der Waals surface area contributed by atoms with Gasteiger partial charge < -0.3 is 14.2 Å². The molecule has 2 amide bonds. The molecule has 10 nitrogen and oxygen atoms in total. The molecule has 3 rings (SSSR count). The van der Waals surface area contributed by atoms with E-state index in [1.165, 1.54) is 88.1 Å². The van der Waals surface area contributed by atoms with Crippen molar-refractivity contribution in [3.8, 4) is 5.75 Å². The summed E-state index contributed by atoms with van der Waals surface area (Å²) in [7, 11) is -2.41. The molecule has 1 N–H and O–H groups in total. The predicted molar refractivity (Wildman–Crippen MR) is 180 cm³/mol. The van der Waals surface area contributed by atoms with Crippen molar-refractivity contribution in [2.24, 2.45) is 0 Å². The van der Waals surface area contributed by atoms with Gasteiger partial charge in [0.05, 0.1) is 34.8 Å². The first kappa shape index (κ1) is 37.3. The molecule has 0 saturated carbocycles. The lowest BCUT2D eigenvalue weighted by atomic mass is 10.0. The summed E-state index contributed by atoms with van der Waals surface area (Å²) < 4.78 is 44.5. The van der Waals surface area contributed by atoms with E-state index in [4.69, 9.17) is 25.8 Å². The number of sulfonamides is 1. The van der Waals surface area contributed by atoms with E-state index in [2.05, 4.69) is 11.6 Å². The fraction of sp³-hybridized carbons (Fsp3) is 0.559. The first-order valence-electron chi connectivity index (χ1n) is 16.1. The summed E-state index contributed by atoms with van der Waals surface area (Å²) in [4.78, 5) is 40.0. The van der Waals surface area contributed by atoms with E-state index in [1.54, 1.807) is 6.92 Å². The Hall–Kier alpha value is -3.15. The lowest BCUT2D eigenvalue weighted by Gasteiger charge is -2.30. The zero-order valence-corrected chi connectivity index (χ0v) is 28.7. The molecule has 1 fully saturated rings. The number of unbranched alkanes of at least 4 members (excludes halogenated alkanes) is 9. The molecule has 2 aromatic carbocycles. The molecular formula is C34H47ClN2O8S. The molecule has 1 heterocycles. The van der Waals surface area contributed by atoms with E-state index >= 15 is 0 Å². The van der Waals surface area contributed by atoms with Crippen LogP contribution >= 0.6 is 11.6 Å². The summed E-state index contributed by atoms with van der Waals surface area (Å²) in [6.45, 7) is 3.64. The van der Waals surface area contributed by atoms with Crippen LogP contribution in [0.25, 0.3) is 0 Å². The summed E-state index contributed by atoms with van der Waals surface area (Å²) >= 11 is 6.51. The Kier molecular flexibility index (Phi) is 14.8. The summed E-state index contributed by atoms with van der Waals surface area (Å²) in [6.07, 6.45) is 11.9. The molecule has 12 heteroatoms. The van der Waals surface area contributed by atoms with Crippen molar-refractivity contribution in [2.45, 2.75) is 96.5 Å². The maximum absolute atomic E-state index is 13.8. The smallest absolute Gasteiger partial charge is 0.337 e.